The second-order valence-corrected chi connectivity index (χ2v) is 6.90. The van der Waals surface area contributed by atoms with Gasteiger partial charge in [-0.25, -0.2) is 9.29 Å². The third-order valence-electron chi connectivity index (χ3n) is 4.85. The van der Waals surface area contributed by atoms with Crippen LogP contribution in [0.3, 0.4) is 0 Å². The Hall–Kier alpha value is -3.93. The molecule has 2 amide bonds. The Bertz CT molecular complexity index is 1150. The van der Waals surface area contributed by atoms with E-state index in [0.29, 0.717) is 22.7 Å². The molecule has 3 aromatic carbocycles. The van der Waals surface area contributed by atoms with E-state index in [4.69, 9.17) is 4.74 Å². The smallest absolute Gasteiger partial charge is 0.282 e. The molecule has 0 saturated carbocycles. The van der Waals surface area contributed by atoms with E-state index >= 15 is 0 Å². The second kappa shape index (κ2) is 7.83. The lowest BCUT2D eigenvalue weighted by Crippen LogP contribution is -2.32. The Balaban J connectivity index is 1.81. The molecule has 0 atom stereocenters. The number of anilines is 2. The van der Waals surface area contributed by atoms with Crippen LogP contribution in [-0.2, 0) is 9.59 Å². The van der Waals surface area contributed by atoms with Gasteiger partial charge in [-0.15, -0.1) is 0 Å². The van der Waals surface area contributed by atoms with Crippen molar-refractivity contribution in [3.8, 4) is 5.75 Å². The molecule has 1 aliphatic heterocycles. The molecule has 150 valence electrons. The Labute approximate surface area is 173 Å². The van der Waals surface area contributed by atoms with Gasteiger partial charge in [0.05, 0.1) is 18.4 Å². The number of benzene rings is 3. The third-order valence-corrected chi connectivity index (χ3v) is 4.85. The molecule has 0 fully saturated rings. The SMILES string of the molecule is COc1cccc(N2C(=O)C(Nc3ccc(F)cc3)=C(c3ccc(C)cc3)C2=O)c1. The predicted octanol–water partition coefficient (Wildman–Crippen LogP) is 4.54. The maximum absolute atomic E-state index is 13.4. The highest BCUT2D eigenvalue weighted by Gasteiger charge is 2.40. The monoisotopic (exact) mass is 402 g/mol. The normalized spacial score (nSPS) is 13.8. The van der Waals surface area contributed by atoms with E-state index in [0.717, 1.165) is 10.5 Å². The van der Waals surface area contributed by atoms with Crippen molar-refractivity contribution in [2.45, 2.75) is 6.92 Å². The lowest BCUT2D eigenvalue weighted by molar-refractivity contribution is -0.120. The van der Waals surface area contributed by atoms with Gasteiger partial charge in [0.25, 0.3) is 11.8 Å². The Morgan fingerprint density at radius 2 is 1.60 bits per heavy atom. The number of imide groups is 1. The van der Waals surface area contributed by atoms with Gasteiger partial charge in [0.1, 0.15) is 17.3 Å². The van der Waals surface area contributed by atoms with Crippen molar-refractivity contribution in [2.24, 2.45) is 0 Å². The van der Waals surface area contributed by atoms with Crippen LogP contribution in [0.5, 0.6) is 5.75 Å². The number of hydrogen-bond acceptors (Lipinski definition) is 4. The molecule has 6 heteroatoms. The van der Waals surface area contributed by atoms with Crippen LogP contribution < -0.4 is 15.0 Å². The van der Waals surface area contributed by atoms with Crippen molar-refractivity contribution in [3.05, 3.63) is 95.4 Å². The molecule has 4 rings (SSSR count). The zero-order chi connectivity index (χ0) is 21.3. The number of hydrogen-bond donors (Lipinski definition) is 1. The average Bonchev–Trinajstić information content (AvgIpc) is 3.00. The number of ether oxygens (including phenoxy) is 1. The Morgan fingerprint density at radius 3 is 2.27 bits per heavy atom. The number of carbonyl (C=O) groups is 2. The molecule has 0 aromatic heterocycles. The summed E-state index contributed by atoms with van der Waals surface area (Å²) in [5.41, 5.74) is 2.96. The summed E-state index contributed by atoms with van der Waals surface area (Å²) in [5, 5.41) is 3.01. The van der Waals surface area contributed by atoms with Crippen molar-refractivity contribution in [1.29, 1.82) is 0 Å². The minimum Gasteiger partial charge on any atom is -0.497 e. The fraction of sp³-hybridized carbons (Fsp3) is 0.0833. The average molecular weight is 402 g/mol. The fourth-order valence-corrected chi connectivity index (χ4v) is 3.30. The summed E-state index contributed by atoms with van der Waals surface area (Å²) in [5.74, 6) is -0.792. The lowest BCUT2D eigenvalue weighted by atomic mass is 10.0. The molecule has 1 aliphatic rings. The van der Waals surface area contributed by atoms with Crippen molar-refractivity contribution in [3.63, 3.8) is 0 Å². The summed E-state index contributed by atoms with van der Waals surface area (Å²) in [6.45, 7) is 1.94. The van der Waals surface area contributed by atoms with Gasteiger partial charge in [-0.1, -0.05) is 35.9 Å². The first-order valence-corrected chi connectivity index (χ1v) is 9.34. The van der Waals surface area contributed by atoms with Crippen LogP contribution in [0.2, 0.25) is 0 Å². The Kier molecular flexibility index (Phi) is 5.06. The Morgan fingerprint density at radius 1 is 0.900 bits per heavy atom. The lowest BCUT2D eigenvalue weighted by Gasteiger charge is -2.16. The minimum atomic E-state index is -0.492. The highest BCUT2D eigenvalue weighted by Crippen LogP contribution is 2.35. The largest absolute Gasteiger partial charge is 0.497 e. The van der Waals surface area contributed by atoms with Crippen molar-refractivity contribution >= 4 is 28.8 Å². The molecular weight excluding hydrogens is 383 g/mol. The zero-order valence-electron chi connectivity index (χ0n) is 16.5. The summed E-state index contributed by atoms with van der Waals surface area (Å²) in [7, 11) is 1.52. The first kappa shape index (κ1) is 19.4. The summed E-state index contributed by atoms with van der Waals surface area (Å²) < 4.78 is 18.5. The number of aryl methyl sites for hydroxylation is 1. The maximum Gasteiger partial charge on any atom is 0.282 e. The first-order chi connectivity index (χ1) is 14.5. The molecule has 1 N–H and O–H groups in total. The number of halogens is 1. The van der Waals surface area contributed by atoms with Gasteiger partial charge in [-0.05, 0) is 48.9 Å². The quantitative estimate of drug-likeness (QED) is 0.637. The standard InChI is InChI=1S/C24H19FN2O3/c1-15-6-8-16(9-7-15)21-22(26-18-12-10-17(25)11-13-18)24(29)27(23(21)28)19-4-3-5-20(14-19)30-2/h3-14,26H,1-2H3. The molecule has 0 bridgehead atoms. The first-order valence-electron chi connectivity index (χ1n) is 9.34. The highest BCUT2D eigenvalue weighted by molar-refractivity contribution is 6.46. The minimum absolute atomic E-state index is 0.137. The van der Waals surface area contributed by atoms with Gasteiger partial charge in [-0.3, -0.25) is 9.59 Å². The van der Waals surface area contributed by atoms with Crippen LogP contribution in [-0.4, -0.2) is 18.9 Å². The zero-order valence-corrected chi connectivity index (χ0v) is 16.5. The van der Waals surface area contributed by atoms with Gasteiger partial charge in [-0.2, -0.15) is 0 Å². The summed E-state index contributed by atoms with van der Waals surface area (Å²) in [6, 6.07) is 19.7. The van der Waals surface area contributed by atoms with Crippen molar-refractivity contribution in [1.82, 2.24) is 0 Å². The molecule has 0 spiro atoms. The highest BCUT2D eigenvalue weighted by atomic mass is 19.1. The van der Waals surface area contributed by atoms with Crippen LogP contribution in [0, 0.1) is 12.7 Å². The van der Waals surface area contributed by atoms with E-state index in [2.05, 4.69) is 5.32 Å². The third kappa shape index (κ3) is 3.55. The molecule has 0 unspecified atom stereocenters. The molecule has 30 heavy (non-hydrogen) atoms. The van der Waals surface area contributed by atoms with Gasteiger partial charge < -0.3 is 10.1 Å². The summed E-state index contributed by atoms with van der Waals surface area (Å²) in [6.07, 6.45) is 0. The molecule has 0 saturated heterocycles. The molecular formula is C24H19FN2O3. The van der Waals surface area contributed by atoms with Crippen molar-refractivity contribution < 1.29 is 18.7 Å². The van der Waals surface area contributed by atoms with Gasteiger partial charge >= 0.3 is 0 Å². The van der Waals surface area contributed by atoms with E-state index < -0.39 is 11.8 Å². The van der Waals surface area contributed by atoms with Gasteiger partial charge in [0.15, 0.2) is 0 Å². The van der Waals surface area contributed by atoms with Crippen LogP contribution in [0.15, 0.2) is 78.5 Å². The molecule has 0 aliphatic carbocycles. The fourth-order valence-electron chi connectivity index (χ4n) is 3.30. The summed E-state index contributed by atoms with van der Waals surface area (Å²) >= 11 is 0. The molecule has 3 aromatic rings. The summed E-state index contributed by atoms with van der Waals surface area (Å²) in [4.78, 5) is 27.8. The van der Waals surface area contributed by atoms with E-state index in [9.17, 15) is 14.0 Å². The van der Waals surface area contributed by atoms with Crippen molar-refractivity contribution in [2.75, 3.05) is 17.3 Å². The number of nitrogens with zero attached hydrogens (tertiary/aromatic N) is 1. The van der Waals surface area contributed by atoms with E-state index in [1.165, 1.54) is 31.4 Å². The number of nitrogens with one attached hydrogen (secondary N) is 1. The number of rotatable bonds is 5. The van der Waals surface area contributed by atoms with Crippen LogP contribution in [0.4, 0.5) is 15.8 Å². The van der Waals surface area contributed by atoms with E-state index in [-0.39, 0.29) is 17.1 Å². The number of methoxy groups -OCH3 is 1. The van der Waals surface area contributed by atoms with Crippen LogP contribution >= 0.6 is 0 Å². The molecule has 0 radical (unpaired) electrons. The van der Waals surface area contributed by atoms with E-state index in [1.54, 1.807) is 36.4 Å². The van der Waals surface area contributed by atoms with E-state index in [1.807, 2.05) is 19.1 Å². The maximum atomic E-state index is 13.4. The topological polar surface area (TPSA) is 58.6 Å². The second-order valence-electron chi connectivity index (χ2n) is 6.90. The van der Waals surface area contributed by atoms with Gasteiger partial charge in [0.2, 0.25) is 0 Å². The van der Waals surface area contributed by atoms with Crippen LogP contribution in [0.1, 0.15) is 11.1 Å². The number of amides is 2. The number of carbonyl (C=O) groups excluding carboxylic acids is 2. The molecule has 5 nitrogen and oxygen atoms in total. The molecule has 1 heterocycles. The van der Waals surface area contributed by atoms with Gasteiger partial charge in [0, 0.05) is 11.8 Å². The van der Waals surface area contributed by atoms with Crippen LogP contribution in [0.25, 0.3) is 5.57 Å². The predicted molar refractivity (Wildman–Crippen MR) is 114 cm³/mol.